The van der Waals surface area contributed by atoms with Crippen molar-refractivity contribution in [3.05, 3.63) is 169 Å². The van der Waals surface area contributed by atoms with Crippen LogP contribution in [-0.2, 0) is 5.41 Å². The average molecular weight is 641 g/mol. The lowest BCUT2D eigenvalue weighted by atomic mass is 9.81. The minimum absolute atomic E-state index is 0.143. The Kier molecular flexibility index (Phi) is 6.22. The molecule has 0 saturated heterocycles. The fraction of sp³-hybridized carbons (Fsp3) is 0.0638. The standard InChI is InChI=1S/C47H32N2O/c1-47(2)38-22-11-21-35(44(38)37-26-30-15-6-7-16-31(30)27-39(37)47)41-28-40(48-46(49-41)29-13-4-3-5-14-29)33-18-10-17-32(25-33)34-20-12-24-43-45(34)36-19-8-9-23-42(36)50-43/h3-28H,1-2H3. The molecule has 0 N–H and O–H groups in total. The Labute approximate surface area is 290 Å². The number of rotatable bonds is 4. The van der Waals surface area contributed by atoms with Gasteiger partial charge < -0.3 is 4.42 Å². The van der Waals surface area contributed by atoms with Crippen molar-refractivity contribution in [2.24, 2.45) is 0 Å². The highest BCUT2D eigenvalue weighted by molar-refractivity contribution is 6.12. The molecule has 2 aromatic heterocycles. The maximum Gasteiger partial charge on any atom is 0.160 e. The van der Waals surface area contributed by atoms with Crippen LogP contribution < -0.4 is 0 Å². The first kappa shape index (κ1) is 28.7. The number of hydrogen-bond donors (Lipinski definition) is 0. The Morgan fingerprint density at radius 3 is 2.00 bits per heavy atom. The van der Waals surface area contributed by atoms with Crippen LogP contribution in [0.5, 0.6) is 0 Å². The lowest BCUT2D eigenvalue weighted by molar-refractivity contribution is 0.661. The van der Waals surface area contributed by atoms with Crippen LogP contribution >= 0.6 is 0 Å². The van der Waals surface area contributed by atoms with Crippen LogP contribution in [0.2, 0.25) is 0 Å². The molecule has 0 saturated carbocycles. The zero-order valence-electron chi connectivity index (χ0n) is 27.8. The van der Waals surface area contributed by atoms with E-state index in [2.05, 4.69) is 135 Å². The molecule has 50 heavy (non-hydrogen) atoms. The van der Waals surface area contributed by atoms with E-state index in [1.807, 2.05) is 36.4 Å². The van der Waals surface area contributed by atoms with E-state index in [-0.39, 0.29) is 5.41 Å². The summed E-state index contributed by atoms with van der Waals surface area (Å²) in [5.41, 5.74) is 14.0. The first-order chi connectivity index (χ1) is 24.5. The third-order valence-corrected chi connectivity index (χ3v) is 10.5. The number of para-hydroxylation sites is 1. The fourth-order valence-corrected chi connectivity index (χ4v) is 8.00. The molecule has 236 valence electrons. The Balaban J connectivity index is 1.19. The van der Waals surface area contributed by atoms with Crippen LogP contribution in [0.3, 0.4) is 0 Å². The number of aromatic nitrogens is 2. The molecular formula is C47H32N2O. The monoisotopic (exact) mass is 640 g/mol. The minimum atomic E-state index is -0.143. The van der Waals surface area contributed by atoms with Gasteiger partial charge in [-0.1, -0.05) is 135 Å². The smallest absolute Gasteiger partial charge is 0.160 e. The zero-order valence-corrected chi connectivity index (χ0v) is 27.8. The largest absolute Gasteiger partial charge is 0.456 e. The maximum absolute atomic E-state index is 6.24. The zero-order chi connectivity index (χ0) is 33.4. The molecule has 0 aliphatic heterocycles. The molecule has 10 rings (SSSR count). The third-order valence-electron chi connectivity index (χ3n) is 10.5. The van der Waals surface area contributed by atoms with Gasteiger partial charge in [-0.25, -0.2) is 9.97 Å². The van der Waals surface area contributed by atoms with Crippen molar-refractivity contribution < 1.29 is 4.42 Å². The van der Waals surface area contributed by atoms with Crippen LogP contribution in [0.15, 0.2) is 162 Å². The SMILES string of the molecule is CC1(C)c2cc3ccccc3cc2-c2c(-c3cc(-c4cccc(-c5cccc6oc7ccccc7c56)c4)nc(-c4ccccc4)n3)cccc21. The van der Waals surface area contributed by atoms with Crippen molar-refractivity contribution in [2.75, 3.05) is 0 Å². The van der Waals surface area contributed by atoms with E-state index < -0.39 is 0 Å². The van der Waals surface area contributed by atoms with Gasteiger partial charge in [-0.3, -0.25) is 0 Å². The van der Waals surface area contributed by atoms with Gasteiger partial charge in [0.25, 0.3) is 0 Å². The molecule has 0 fully saturated rings. The van der Waals surface area contributed by atoms with E-state index >= 15 is 0 Å². The minimum Gasteiger partial charge on any atom is -0.456 e. The lowest BCUT2D eigenvalue weighted by Crippen LogP contribution is -2.14. The van der Waals surface area contributed by atoms with Crippen LogP contribution in [0.1, 0.15) is 25.0 Å². The van der Waals surface area contributed by atoms with Crippen LogP contribution in [-0.4, -0.2) is 9.97 Å². The summed E-state index contributed by atoms with van der Waals surface area (Å²) in [4.78, 5) is 10.5. The summed E-state index contributed by atoms with van der Waals surface area (Å²) in [6, 6.07) is 55.8. The second-order valence-electron chi connectivity index (χ2n) is 13.8. The first-order valence-electron chi connectivity index (χ1n) is 17.2. The molecule has 3 heteroatoms. The highest BCUT2D eigenvalue weighted by Crippen LogP contribution is 2.53. The number of hydrogen-bond acceptors (Lipinski definition) is 3. The van der Waals surface area contributed by atoms with Crippen molar-refractivity contribution >= 4 is 32.7 Å². The molecule has 7 aromatic carbocycles. The molecule has 0 unspecified atom stereocenters. The summed E-state index contributed by atoms with van der Waals surface area (Å²) in [7, 11) is 0. The van der Waals surface area contributed by atoms with Gasteiger partial charge in [0.2, 0.25) is 0 Å². The summed E-state index contributed by atoms with van der Waals surface area (Å²) in [6.07, 6.45) is 0. The van der Waals surface area contributed by atoms with E-state index in [0.717, 1.165) is 61.1 Å². The lowest BCUT2D eigenvalue weighted by Gasteiger charge is -2.22. The molecule has 0 amide bonds. The van der Waals surface area contributed by atoms with Crippen molar-refractivity contribution in [3.8, 4) is 56.2 Å². The molecule has 0 radical (unpaired) electrons. The van der Waals surface area contributed by atoms with Gasteiger partial charge in [-0.05, 0) is 80.6 Å². The molecule has 2 heterocycles. The predicted octanol–water partition coefficient (Wildman–Crippen LogP) is 12.5. The number of furan rings is 1. The van der Waals surface area contributed by atoms with Gasteiger partial charge in [0.05, 0.1) is 11.4 Å². The van der Waals surface area contributed by atoms with Gasteiger partial charge in [0.15, 0.2) is 5.82 Å². The normalized spacial score (nSPS) is 13.2. The summed E-state index contributed by atoms with van der Waals surface area (Å²) in [5.74, 6) is 0.708. The summed E-state index contributed by atoms with van der Waals surface area (Å²) < 4.78 is 6.24. The highest BCUT2D eigenvalue weighted by atomic mass is 16.3. The van der Waals surface area contributed by atoms with Crippen molar-refractivity contribution in [2.45, 2.75) is 19.3 Å². The molecular weight excluding hydrogens is 609 g/mol. The van der Waals surface area contributed by atoms with Crippen molar-refractivity contribution in [1.82, 2.24) is 9.97 Å². The second kappa shape index (κ2) is 10.8. The van der Waals surface area contributed by atoms with Gasteiger partial charge >= 0.3 is 0 Å². The van der Waals surface area contributed by atoms with Gasteiger partial charge in [0.1, 0.15) is 11.2 Å². The Morgan fingerprint density at radius 1 is 0.460 bits per heavy atom. The second-order valence-corrected chi connectivity index (χ2v) is 13.8. The topological polar surface area (TPSA) is 38.9 Å². The van der Waals surface area contributed by atoms with Crippen LogP contribution in [0.25, 0.3) is 88.9 Å². The van der Waals surface area contributed by atoms with Crippen molar-refractivity contribution in [3.63, 3.8) is 0 Å². The molecule has 9 aromatic rings. The highest BCUT2D eigenvalue weighted by Gasteiger charge is 2.37. The fourth-order valence-electron chi connectivity index (χ4n) is 8.00. The van der Waals surface area contributed by atoms with Gasteiger partial charge in [-0.15, -0.1) is 0 Å². The molecule has 1 aliphatic carbocycles. The predicted molar refractivity (Wildman–Crippen MR) is 206 cm³/mol. The molecule has 3 nitrogen and oxygen atoms in total. The molecule has 0 spiro atoms. The van der Waals surface area contributed by atoms with E-state index in [1.54, 1.807) is 0 Å². The van der Waals surface area contributed by atoms with E-state index in [0.29, 0.717) is 5.82 Å². The van der Waals surface area contributed by atoms with Crippen LogP contribution in [0, 0.1) is 0 Å². The Bertz CT molecular complexity index is 2790. The van der Waals surface area contributed by atoms with Crippen molar-refractivity contribution in [1.29, 1.82) is 0 Å². The number of fused-ring (bicyclic) bond motifs is 7. The van der Waals surface area contributed by atoms with Gasteiger partial charge in [-0.2, -0.15) is 0 Å². The Hall–Kier alpha value is -6.32. The Morgan fingerprint density at radius 2 is 1.12 bits per heavy atom. The van der Waals surface area contributed by atoms with Crippen LogP contribution in [0.4, 0.5) is 0 Å². The number of benzene rings is 7. The third kappa shape index (κ3) is 4.37. The maximum atomic E-state index is 6.24. The number of nitrogens with zero attached hydrogens (tertiary/aromatic N) is 2. The van der Waals surface area contributed by atoms with E-state index in [1.165, 1.54) is 33.0 Å². The summed E-state index contributed by atoms with van der Waals surface area (Å²) in [5, 5.41) is 4.76. The quantitative estimate of drug-likeness (QED) is 0.192. The van der Waals surface area contributed by atoms with E-state index in [9.17, 15) is 0 Å². The summed E-state index contributed by atoms with van der Waals surface area (Å²) in [6.45, 7) is 4.68. The molecule has 0 atom stereocenters. The first-order valence-corrected chi connectivity index (χ1v) is 17.2. The van der Waals surface area contributed by atoms with E-state index in [4.69, 9.17) is 14.4 Å². The molecule has 0 bridgehead atoms. The molecule has 1 aliphatic rings. The summed E-state index contributed by atoms with van der Waals surface area (Å²) >= 11 is 0. The van der Waals surface area contributed by atoms with Gasteiger partial charge in [0, 0.05) is 32.9 Å². The average Bonchev–Trinajstić information content (AvgIpc) is 3.66.